The molecule has 1 aromatic heterocycles. The number of nitrogens with one attached hydrogen (secondary N) is 1. The first-order valence-corrected chi connectivity index (χ1v) is 6.89. The van der Waals surface area contributed by atoms with Gasteiger partial charge in [0.15, 0.2) is 0 Å². The van der Waals surface area contributed by atoms with Gasteiger partial charge in [0.25, 0.3) is 0 Å². The highest BCUT2D eigenvalue weighted by molar-refractivity contribution is 7.11. The molecule has 1 heterocycles. The number of nitriles is 1. The van der Waals surface area contributed by atoms with Gasteiger partial charge >= 0.3 is 5.97 Å². The molecule has 20 heavy (non-hydrogen) atoms. The van der Waals surface area contributed by atoms with Crippen molar-refractivity contribution >= 4 is 17.3 Å². The molecule has 0 radical (unpaired) electrons. The Bertz CT molecular complexity index is 643. The number of carboxylic acid groups (broad SMARTS) is 1. The van der Waals surface area contributed by atoms with Crippen LogP contribution in [0.4, 0.5) is 0 Å². The van der Waals surface area contributed by atoms with Crippen LogP contribution in [0.1, 0.15) is 39.6 Å². The van der Waals surface area contributed by atoms with Gasteiger partial charge in [0.2, 0.25) is 5.01 Å². The van der Waals surface area contributed by atoms with Gasteiger partial charge in [-0.25, -0.2) is 9.78 Å². The summed E-state index contributed by atoms with van der Waals surface area (Å²) in [6.07, 6.45) is 0. The van der Waals surface area contributed by atoms with Crippen LogP contribution in [0.15, 0.2) is 29.6 Å². The Morgan fingerprint density at radius 3 is 2.75 bits per heavy atom. The predicted molar refractivity (Wildman–Crippen MR) is 75.5 cm³/mol. The Hall–Kier alpha value is -2.23. The fourth-order valence-corrected chi connectivity index (χ4v) is 2.36. The van der Waals surface area contributed by atoms with E-state index < -0.39 is 5.97 Å². The number of carboxylic acids is 1. The molecule has 5 nitrogen and oxygen atoms in total. The second-order valence-electron chi connectivity index (χ2n) is 4.29. The van der Waals surface area contributed by atoms with Crippen molar-refractivity contribution in [2.24, 2.45) is 0 Å². The second kappa shape index (κ2) is 6.28. The average Bonchev–Trinajstić information content (AvgIpc) is 2.94. The van der Waals surface area contributed by atoms with Crippen LogP contribution >= 0.6 is 11.3 Å². The van der Waals surface area contributed by atoms with Crippen molar-refractivity contribution in [3.63, 3.8) is 0 Å². The van der Waals surface area contributed by atoms with Crippen molar-refractivity contribution in [1.29, 1.82) is 5.26 Å². The number of hydrogen-bond acceptors (Lipinski definition) is 5. The molecule has 0 amide bonds. The molecule has 2 N–H and O–H groups in total. The molecule has 0 bridgehead atoms. The molecule has 0 spiro atoms. The average molecular weight is 287 g/mol. The fraction of sp³-hybridized carbons (Fsp3) is 0.214. The smallest absolute Gasteiger partial charge is 0.365 e. The molecule has 1 unspecified atom stereocenters. The molecule has 0 aliphatic carbocycles. The van der Waals surface area contributed by atoms with Crippen molar-refractivity contribution in [3.8, 4) is 6.07 Å². The molecule has 1 atom stereocenters. The van der Waals surface area contributed by atoms with E-state index in [1.54, 1.807) is 17.5 Å². The number of thiazole rings is 1. The van der Waals surface area contributed by atoms with E-state index in [0.717, 1.165) is 16.9 Å². The van der Waals surface area contributed by atoms with Crippen LogP contribution in [0.3, 0.4) is 0 Å². The molecule has 0 aliphatic rings. The van der Waals surface area contributed by atoms with Crippen LogP contribution in [0, 0.1) is 11.3 Å². The van der Waals surface area contributed by atoms with Gasteiger partial charge < -0.3 is 10.4 Å². The monoisotopic (exact) mass is 287 g/mol. The number of rotatable bonds is 5. The maximum Gasteiger partial charge on any atom is 0.365 e. The summed E-state index contributed by atoms with van der Waals surface area (Å²) >= 11 is 1.12. The molecular formula is C14H13N3O2S. The molecule has 6 heteroatoms. The van der Waals surface area contributed by atoms with Gasteiger partial charge in [-0.3, -0.25) is 0 Å². The van der Waals surface area contributed by atoms with Gasteiger partial charge in [0, 0.05) is 18.0 Å². The van der Waals surface area contributed by atoms with E-state index in [9.17, 15) is 4.79 Å². The SMILES string of the molecule is CC(NCc1csc(C(=O)O)n1)c1ccc(C#N)cc1. The Morgan fingerprint density at radius 1 is 1.50 bits per heavy atom. The van der Waals surface area contributed by atoms with Gasteiger partial charge in [-0.1, -0.05) is 12.1 Å². The van der Waals surface area contributed by atoms with Crippen LogP contribution < -0.4 is 5.32 Å². The number of benzene rings is 1. The van der Waals surface area contributed by atoms with Gasteiger partial charge in [0.1, 0.15) is 0 Å². The van der Waals surface area contributed by atoms with E-state index >= 15 is 0 Å². The zero-order valence-electron chi connectivity index (χ0n) is 10.8. The summed E-state index contributed by atoms with van der Waals surface area (Å²) in [6.45, 7) is 2.51. The lowest BCUT2D eigenvalue weighted by atomic mass is 10.1. The van der Waals surface area contributed by atoms with Crippen molar-refractivity contribution in [3.05, 3.63) is 51.5 Å². The topological polar surface area (TPSA) is 86.0 Å². The highest BCUT2D eigenvalue weighted by Crippen LogP contribution is 2.15. The minimum absolute atomic E-state index is 0.0951. The summed E-state index contributed by atoms with van der Waals surface area (Å²) in [5.41, 5.74) is 2.41. The normalized spacial score (nSPS) is 11.8. The number of carbonyl (C=O) groups is 1. The molecule has 0 saturated heterocycles. The lowest BCUT2D eigenvalue weighted by molar-refractivity contribution is 0.0696. The Morgan fingerprint density at radius 2 is 2.20 bits per heavy atom. The van der Waals surface area contributed by atoms with Crippen molar-refractivity contribution in [2.75, 3.05) is 0 Å². The van der Waals surface area contributed by atoms with E-state index in [-0.39, 0.29) is 11.0 Å². The van der Waals surface area contributed by atoms with Crippen LogP contribution in [-0.4, -0.2) is 16.1 Å². The van der Waals surface area contributed by atoms with Crippen molar-refractivity contribution in [1.82, 2.24) is 10.3 Å². The standard InChI is InChI=1S/C14H13N3O2S/c1-9(11-4-2-10(6-15)3-5-11)16-7-12-8-20-13(17-12)14(18)19/h2-5,8-9,16H,7H2,1H3,(H,18,19). The zero-order chi connectivity index (χ0) is 14.5. The van der Waals surface area contributed by atoms with Crippen molar-refractivity contribution in [2.45, 2.75) is 19.5 Å². The van der Waals surface area contributed by atoms with E-state index in [4.69, 9.17) is 10.4 Å². The van der Waals surface area contributed by atoms with Crippen molar-refractivity contribution < 1.29 is 9.90 Å². The van der Waals surface area contributed by atoms with Crippen LogP contribution in [0.25, 0.3) is 0 Å². The maximum atomic E-state index is 10.7. The summed E-state index contributed by atoms with van der Waals surface area (Å²) in [5.74, 6) is -0.999. The Balaban J connectivity index is 1.95. The summed E-state index contributed by atoms with van der Waals surface area (Å²) in [7, 11) is 0. The largest absolute Gasteiger partial charge is 0.476 e. The van der Waals surface area contributed by atoms with Crippen LogP contribution in [0.5, 0.6) is 0 Å². The lowest BCUT2D eigenvalue weighted by Crippen LogP contribution is -2.18. The minimum atomic E-state index is -0.999. The summed E-state index contributed by atoms with van der Waals surface area (Å²) < 4.78 is 0. The molecule has 0 aliphatic heterocycles. The molecule has 2 rings (SSSR count). The predicted octanol–water partition coefficient (Wildman–Crippen LogP) is 2.56. The third-order valence-electron chi connectivity index (χ3n) is 2.86. The fourth-order valence-electron chi connectivity index (χ4n) is 1.71. The van der Waals surface area contributed by atoms with E-state index in [1.165, 1.54) is 0 Å². The Kier molecular flexibility index (Phi) is 4.45. The molecule has 0 saturated carbocycles. The Labute approximate surface area is 120 Å². The van der Waals surface area contributed by atoms with E-state index in [0.29, 0.717) is 17.8 Å². The maximum absolute atomic E-state index is 10.7. The molecule has 0 fully saturated rings. The highest BCUT2D eigenvalue weighted by atomic mass is 32.1. The van der Waals surface area contributed by atoms with Crippen LogP contribution in [-0.2, 0) is 6.54 Å². The molecule has 1 aromatic carbocycles. The minimum Gasteiger partial charge on any atom is -0.476 e. The first-order chi connectivity index (χ1) is 9.60. The zero-order valence-corrected chi connectivity index (χ0v) is 11.6. The van der Waals surface area contributed by atoms with Gasteiger partial charge in [-0.05, 0) is 24.6 Å². The summed E-state index contributed by atoms with van der Waals surface area (Å²) in [4.78, 5) is 14.8. The first kappa shape index (κ1) is 14.2. The second-order valence-corrected chi connectivity index (χ2v) is 5.14. The highest BCUT2D eigenvalue weighted by Gasteiger charge is 2.10. The number of nitrogens with zero attached hydrogens (tertiary/aromatic N) is 2. The van der Waals surface area contributed by atoms with Crippen LogP contribution in [0.2, 0.25) is 0 Å². The third kappa shape index (κ3) is 3.41. The quantitative estimate of drug-likeness (QED) is 0.882. The molecule has 2 aromatic rings. The summed E-state index contributed by atoms with van der Waals surface area (Å²) in [6, 6.07) is 9.53. The third-order valence-corrected chi connectivity index (χ3v) is 3.74. The van der Waals surface area contributed by atoms with E-state index in [2.05, 4.69) is 16.4 Å². The van der Waals surface area contributed by atoms with Gasteiger partial charge in [-0.2, -0.15) is 5.26 Å². The molecular weight excluding hydrogens is 274 g/mol. The number of hydrogen-bond donors (Lipinski definition) is 2. The first-order valence-electron chi connectivity index (χ1n) is 6.01. The van der Waals surface area contributed by atoms with Gasteiger partial charge in [0.05, 0.1) is 17.3 Å². The number of aromatic carboxylic acids is 1. The summed E-state index contributed by atoms with van der Waals surface area (Å²) in [5, 5.41) is 22.7. The van der Waals surface area contributed by atoms with E-state index in [1.807, 2.05) is 19.1 Å². The number of aromatic nitrogens is 1. The van der Waals surface area contributed by atoms with Gasteiger partial charge in [-0.15, -0.1) is 11.3 Å². The lowest BCUT2D eigenvalue weighted by Gasteiger charge is -2.13. The molecule has 102 valence electrons.